The first kappa shape index (κ1) is 31.2. The number of ether oxygens (including phenoxy) is 2. The third kappa shape index (κ3) is 9.10. The van der Waals surface area contributed by atoms with E-state index in [1.165, 1.54) is 0 Å². The lowest BCUT2D eigenvalue weighted by atomic mass is 10.1. The van der Waals surface area contributed by atoms with Crippen LogP contribution in [0.5, 0.6) is 11.5 Å². The zero-order valence-corrected chi connectivity index (χ0v) is 25.0. The molecule has 9 heteroatoms. The van der Waals surface area contributed by atoms with E-state index < -0.39 is 0 Å². The Balaban J connectivity index is 0.000000587. The number of nitriles is 1. The number of fused-ring (bicyclic) bond motifs is 1. The molecule has 4 aromatic rings. The summed E-state index contributed by atoms with van der Waals surface area (Å²) < 4.78 is 11.6. The van der Waals surface area contributed by atoms with Crippen LogP contribution in [0.2, 0.25) is 5.02 Å². The molecule has 0 saturated carbocycles. The standard InChI is InChI=1S/C26H24ClN5O2.C6H13N/c1-3-29-23-12-20-22(13-25(23)33-4-2)31-15-17(14-28)26(20)32-18-8-9-24(21(27)11-18)34-16-19-7-5-6-10-30-19;1-4-5-6-7(2)3/h5-13,15,29H,3-4,16H2,1-2H3,(H,31,32);4-5H,6H2,1-3H3/b;5-4+. The Hall–Kier alpha value is -4.32. The van der Waals surface area contributed by atoms with E-state index in [0.29, 0.717) is 40.8 Å². The lowest BCUT2D eigenvalue weighted by Gasteiger charge is -2.16. The predicted molar refractivity (Wildman–Crippen MR) is 168 cm³/mol. The molecule has 0 saturated heterocycles. The number of rotatable bonds is 11. The van der Waals surface area contributed by atoms with Crippen LogP contribution < -0.4 is 20.1 Å². The normalized spacial score (nSPS) is 10.7. The Bertz CT molecular complexity index is 1490. The summed E-state index contributed by atoms with van der Waals surface area (Å²) >= 11 is 6.49. The molecule has 2 aromatic carbocycles. The topological polar surface area (TPSA) is 95.3 Å². The second kappa shape index (κ2) is 16.1. The first-order chi connectivity index (χ1) is 19.9. The van der Waals surface area contributed by atoms with Crippen LogP contribution in [0.1, 0.15) is 32.0 Å². The van der Waals surface area contributed by atoms with Gasteiger partial charge in [0, 0.05) is 42.6 Å². The quantitative estimate of drug-likeness (QED) is 0.179. The summed E-state index contributed by atoms with van der Waals surface area (Å²) in [5, 5.41) is 17.6. The number of hydrogen-bond donors (Lipinski definition) is 2. The molecule has 0 aliphatic rings. The number of hydrogen-bond acceptors (Lipinski definition) is 8. The zero-order chi connectivity index (χ0) is 29.6. The van der Waals surface area contributed by atoms with Crippen LogP contribution in [0, 0.1) is 11.3 Å². The highest BCUT2D eigenvalue weighted by molar-refractivity contribution is 6.32. The molecule has 0 atom stereocenters. The van der Waals surface area contributed by atoms with Crippen molar-refractivity contribution in [1.29, 1.82) is 5.26 Å². The predicted octanol–water partition coefficient (Wildman–Crippen LogP) is 7.43. The SMILES string of the molecule is C/C=C/CN(C)C.CCNc1cc2c(Nc3ccc(OCc4ccccn4)c(Cl)c3)c(C#N)cnc2cc1OCC. The van der Waals surface area contributed by atoms with Gasteiger partial charge in [0.05, 0.1) is 39.8 Å². The van der Waals surface area contributed by atoms with Crippen molar-refractivity contribution >= 4 is 39.6 Å². The number of anilines is 3. The van der Waals surface area contributed by atoms with E-state index in [9.17, 15) is 5.26 Å². The fourth-order valence-electron chi connectivity index (χ4n) is 3.83. The largest absolute Gasteiger partial charge is 0.492 e. The van der Waals surface area contributed by atoms with E-state index >= 15 is 0 Å². The van der Waals surface area contributed by atoms with Gasteiger partial charge in [-0.1, -0.05) is 29.8 Å². The molecule has 8 nitrogen and oxygen atoms in total. The van der Waals surface area contributed by atoms with Crippen molar-refractivity contribution in [2.45, 2.75) is 27.4 Å². The zero-order valence-electron chi connectivity index (χ0n) is 24.2. The van der Waals surface area contributed by atoms with Gasteiger partial charge in [-0.2, -0.15) is 5.26 Å². The molecule has 0 radical (unpaired) electrons. The van der Waals surface area contributed by atoms with Crippen LogP contribution in [0.3, 0.4) is 0 Å². The van der Waals surface area contributed by atoms with Gasteiger partial charge in [0.1, 0.15) is 24.2 Å². The Morgan fingerprint density at radius 1 is 1.05 bits per heavy atom. The maximum Gasteiger partial charge on any atom is 0.144 e. The molecule has 0 amide bonds. The van der Waals surface area contributed by atoms with E-state index in [2.05, 4.69) is 57.8 Å². The van der Waals surface area contributed by atoms with Crippen LogP contribution in [0.25, 0.3) is 10.9 Å². The van der Waals surface area contributed by atoms with Crippen LogP contribution in [-0.4, -0.2) is 48.7 Å². The second-order valence-corrected chi connectivity index (χ2v) is 9.61. The van der Waals surface area contributed by atoms with Gasteiger partial charge in [-0.05, 0) is 71.3 Å². The highest BCUT2D eigenvalue weighted by Gasteiger charge is 2.14. The van der Waals surface area contributed by atoms with Crippen molar-refractivity contribution < 1.29 is 9.47 Å². The molecule has 0 aliphatic heterocycles. The Kier molecular flexibility index (Phi) is 12.2. The van der Waals surface area contributed by atoms with E-state index in [1.807, 2.05) is 57.2 Å². The van der Waals surface area contributed by atoms with Gasteiger partial charge in [0.2, 0.25) is 0 Å². The third-order valence-corrected chi connectivity index (χ3v) is 6.06. The monoisotopic (exact) mass is 572 g/mol. The van der Waals surface area contributed by atoms with Gasteiger partial charge >= 0.3 is 0 Å². The van der Waals surface area contributed by atoms with Gasteiger partial charge in [0.25, 0.3) is 0 Å². The van der Waals surface area contributed by atoms with Gasteiger partial charge in [0.15, 0.2) is 0 Å². The number of halogens is 1. The first-order valence-electron chi connectivity index (χ1n) is 13.5. The van der Waals surface area contributed by atoms with Crippen LogP contribution >= 0.6 is 11.6 Å². The molecule has 0 fully saturated rings. The van der Waals surface area contributed by atoms with Crippen molar-refractivity contribution in [3.05, 3.63) is 89.4 Å². The average molecular weight is 573 g/mol. The van der Waals surface area contributed by atoms with Crippen molar-refractivity contribution in [3.63, 3.8) is 0 Å². The number of nitrogens with zero attached hydrogens (tertiary/aromatic N) is 4. The van der Waals surface area contributed by atoms with Gasteiger partial charge < -0.3 is 25.0 Å². The van der Waals surface area contributed by atoms with Crippen molar-refractivity contribution in [2.24, 2.45) is 0 Å². The van der Waals surface area contributed by atoms with Crippen LogP contribution in [0.15, 0.2) is 73.1 Å². The number of aromatic nitrogens is 2. The summed E-state index contributed by atoms with van der Waals surface area (Å²) in [6, 6.07) is 17.1. The number of nitrogens with one attached hydrogen (secondary N) is 2. The van der Waals surface area contributed by atoms with Gasteiger partial charge in [-0.3, -0.25) is 9.97 Å². The van der Waals surface area contributed by atoms with Crippen LogP contribution in [-0.2, 0) is 6.61 Å². The molecule has 0 bridgehead atoms. The molecule has 0 unspecified atom stereocenters. The molecule has 2 aromatic heterocycles. The molecular formula is C32H37ClN6O2. The van der Waals surface area contributed by atoms with Gasteiger partial charge in [-0.25, -0.2) is 0 Å². The Labute approximate surface area is 247 Å². The van der Waals surface area contributed by atoms with E-state index in [0.717, 1.165) is 41.3 Å². The minimum absolute atomic E-state index is 0.316. The number of benzene rings is 2. The highest BCUT2D eigenvalue weighted by atomic mass is 35.5. The Morgan fingerprint density at radius 3 is 2.49 bits per heavy atom. The molecule has 0 aliphatic carbocycles. The molecule has 214 valence electrons. The molecule has 41 heavy (non-hydrogen) atoms. The first-order valence-corrected chi connectivity index (χ1v) is 13.9. The Morgan fingerprint density at radius 2 is 1.88 bits per heavy atom. The fraction of sp³-hybridized carbons (Fsp3) is 0.281. The highest BCUT2D eigenvalue weighted by Crippen LogP contribution is 2.37. The summed E-state index contributed by atoms with van der Waals surface area (Å²) in [7, 11) is 4.11. The maximum atomic E-state index is 9.72. The number of pyridine rings is 2. The summed E-state index contributed by atoms with van der Waals surface area (Å²) in [6.07, 6.45) is 7.46. The molecule has 4 rings (SSSR count). The van der Waals surface area contributed by atoms with E-state index in [4.69, 9.17) is 21.1 Å². The van der Waals surface area contributed by atoms with E-state index in [1.54, 1.807) is 24.5 Å². The molecular weight excluding hydrogens is 536 g/mol. The van der Waals surface area contributed by atoms with Crippen LogP contribution in [0.4, 0.5) is 17.1 Å². The molecule has 2 N–H and O–H groups in total. The summed E-state index contributed by atoms with van der Waals surface area (Å²) in [5.74, 6) is 1.27. The molecule has 0 spiro atoms. The fourth-order valence-corrected chi connectivity index (χ4v) is 4.07. The van der Waals surface area contributed by atoms with E-state index in [-0.39, 0.29) is 0 Å². The van der Waals surface area contributed by atoms with Crippen molar-refractivity contribution in [1.82, 2.24) is 14.9 Å². The number of likely N-dealkylation sites (N-methyl/N-ethyl adjacent to an activating group) is 1. The summed E-state index contributed by atoms with van der Waals surface area (Å²) in [4.78, 5) is 10.8. The summed E-state index contributed by atoms with van der Waals surface area (Å²) in [6.45, 7) is 8.62. The lowest BCUT2D eigenvalue weighted by Crippen LogP contribution is -2.10. The second-order valence-electron chi connectivity index (χ2n) is 9.20. The lowest BCUT2D eigenvalue weighted by molar-refractivity contribution is 0.301. The smallest absolute Gasteiger partial charge is 0.144 e. The van der Waals surface area contributed by atoms with Crippen molar-refractivity contribution in [3.8, 4) is 17.6 Å². The van der Waals surface area contributed by atoms with Gasteiger partial charge in [-0.15, -0.1) is 0 Å². The minimum atomic E-state index is 0.316. The third-order valence-electron chi connectivity index (χ3n) is 5.77. The van der Waals surface area contributed by atoms with Crippen molar-refractivity contribution in [2.75, 3.05) is 44.4 Å². The minimum Gasteiger partial charge on any atom is -0.492 e. The average Bonchev–Trinajstić information content (AvgIpc) is 2.97. The summed E-state index contributed by atoms with van der Waals surface area (Å²) in [5.41, 5.74) is 4.16. The molecule has 2 heterocycles. The maximum absolute atomic E-state index is 9.72. The number of allylic oxidation sites excluding steroid dienone is 1.